The number of hydrogen-bond donors (Lipinski definition) is 2. The zero-order valence-electron chi connectivity index (χ0n) is 18.7. The van der Waals surface area contributed by atoms with E-state index in [1.54, 1.807) is 48.0 Å². The first-order chi connectivity index (χ1) is 16.3. The number of tetrazole rings is 1. The second-order valence-electron chi connectivity index (χ2n) is 7.53. The second kappa shape index (κ2) is 9.65. The van der Waals surface area contributed by atoms with Gasteiger partial charge in [0.25, 0.3) is 15.9 Å². The molecule has 1 aromatic heterocycles. The van der Waals surface area contributed by atoms with E-state index < -0.39 is 15.9 Å². The van der Waals surface area contributed by atoms with Gasteiger partial charge in [-0.1, -0.05) is 41.6 Å². The van der Waals surface area contributed by atoms with Crippen LogP contribution in [-0.4, -0.2) is 40.8 Å². The Balaban J connectivity index is 1.58. The van der Waals surface area contributed by atoms with Gasteiger partial charge in [0.15, 0.2) is 0 Å². The fraction of sp³-hybridized carbons (Fsp3) is 0.130. The van der Waals surface area contributed by atoms with Gasteiger partial charge in [-0.2, -0.15) is 4.68 Å². The lowest BCUT2D eigenvalue weighted by molar-refractivity contribution is 0.102. The van der Waals surface area contributed by atoms with Crippen molar-refractivity contribution in [2.24, 2.45) is 0 Å². The van der Waals surface area contributed by atoms with Crippen molar-refractivity contribution in [3.63, 3.8) is 0 Å². The largest absolute Gasteiger partial charge is 0.322 e. The number of carbonyl (C=O) groups is 1. The van der Waals surface area contributed by atoms with E-state index in [0.29, 0.717) is 27.8 Å². The molecule has 0 bridgehead atoms. The molecule has 34 heavy (non-hydrogen) atoms. The van der Waals surface area contributed by atoms with E-state index in [0.717, 1.165) is 5.56 Å². The molecule has 0 aliphatic rings. The lowest BCUT2D eigenvalue weighted by atomic mass is 10.1. The molecule has 0 unspecified atom stereocenters. The van der Waals surface area contributed by atoms with Crippen molar-refractivity contribution in [2.45, 2.75) is 23.9 Å². The smallest absolute Gasteiger partial charge is 0.261 e. The molecule has 4 aromatic rings. The molecule has 0 spiro atoms. The van der Waals surface area contributed by atoms with E-state index in [9.17, 15) is 13.2 Å². The Hall–Kier alpha value is -3.70. The third-order valence-electron chi connectivity index (χ3n) is 5.04. The number of sulfonamides is 1. The number of hydrogen-bond acceptors (Lipinski definition) is 7. The summed E-state index contributed by atoms with van der Waals surface area (Å²) in [4.78, 5) is 13.0. The summed E-state index contributed by atoms with van der Waals surface area (Å²) in [6.45, 7) is 3.67. The number of carbonyl (C=O) groups excluding carboxylic acids is 1. The number of nitrogens with one attached hydrogen (secondary N) is 2. The molecule has 0 atom stereocenters. The van der Waals surface area contributed by atoms with Gasteiger partial charge in [0.05, 0.1) is 10.6 Å². The van der Waals surface area contributed by atoms with Gasteiger partial charge in [0, 0.05) is 16.9 Å². The van der Waals surface area contributed by atoms with Gasteiger partial charge < -0.3 is 5.32 Å². The van der Waals surface area contributed by atoms with Crippen LogP contribution in [0.15, 0.2) is 76.8 Å². The van der Waals surface area contributed by atoms with E-state index in [1.807, 2.05) is 31.4 Å². The van der Waals surface area contributed by atoms with E-state index in [4.69, 9.17) is 0 Å². The molecule has 4 rings (SSSR count). The van der Waals surface area contributed by atoms with Crippen molar-refractivity contribution in [3.8, 4) is 5.69 Å². The van der Waals surface area contributed by atoms with Crippen LogP contribution < -0.4 is 10.0 Å². The highest BCUT2D eigenvalue weighted by molar-refractivity contribution is 7.98. The number of rotatable bonds is 7. The maximum absolute atomic E-state index is 13.1. The number of aryl methyl sites for hydroxylation is 2. The van der Waals surface area contributed by atoms with Crippen LogP contribution in [0.3, 0.4) is 0 Å². The van der Waals surface area contributed by atoms with Crippen molar-refractivity contribution < 1.29 is 13.2 Å². The monoisotopic (exact) mass is 494 g/mol. The Morgan fingerprint density at radius 1 is 0.971 bits per heavy atom. The number of aromatic nitrogens is 4. The summed E-state index contributed by atoms with van der Waals surface area (Å²) in [6, 6.07) is 18.5. The predicted octanol–water partition coefficient (Wildman–Crippen LogP) is 4.05. The van der Waals surface area contributed by atoms with Crippen LogP contribution in [-0.2, 0) is 10.0 Å². The molecule has 0 saturated heterocycles. The van der Waals surface area contributed by atoms with Crippen LogP contribution in [0.25, 0.3) is 5.69 Å². The minimum atomic E-state index is -3.87. The van der Waals surface area contributed by atoms with Gasteiger partial charge in [0.1, 0.15) is 0 Å². The van der Waals surface area contributed by atoms with Crippen LogP contribution in [0.4, 0.5) is 11.4 Å². The first kappa shape index (κ1) is 23.5. The molecular weight excluding hydrogens is 472 g/mol. The highest BCUT2D eigenvalue weighted by atomic mass is 32.2. The Kier molecular flexibility index (Phi) is 6.66. The molecule has 0 fully saturated rings. The normalized spacial score (nSPS) is 11.3. The van der Waals surface area contributed by atoms with Crippen molar-refractivity contribution in [2.75, 3.05) is 16.3 Å². The van der Waals surface area contributed by atoms with Gasteiger partial charge in [-0.25, -0.2) is 8.42 Å². The minimum Gasteiger partial charge on any atom is -0.322 e. The summed E-state index contributed by atoms with van der Waals surface area (Å²) in [5.41, 5.74) is 3.57. The van der Waals surface area contributed by atoms with Crippen molar-refractivity contribution >= 4 is 39.1 Å². The second-order valence-corrected chi connectivity index (χ2v) is 9.99. The highest BCUT2D eigenvalue weighted by Crippen LogP contribution is 2.22. The molecule has 0 aliphatic heterocycles. The number of anilines is 2. The van der Waals surface area contributed by atoms with Crippen molar-refractivity contribution in [3.05, 3.63) is 83.4 Å². The predicted molar refractivity (Wildman–Crippen MR) is 132 cm³/mol. The fourth-order valence-corrected chi connectivity index (χ4v) is 4.75. The van der Waals surface area contributed by atoms with Crippen LogP contribution in [0, 0.1) is 13.8 Å². The Bertz CT molecular complexity index is 1450. The SMILES string of the molecule is CSc1nnnn1-c1cccc(NC(=O)c2cc(S(=O)(=O)Nc3ccc(C)cc3)ccc2C)c1. The molecule has 0 aliphatic carbocycles. The molecular formula is C23H22N6O3S2. The zero-order valence-corrected chi connectivity index (χ0v) is 20.3. The maximum Gasteiger partial charge on any atom is 0.261 e. The highest BCUT2D eigenvalue weighted by Gasteiger charge is 2.19. The van der Waals surface area contributed by atoms with E-state index in [-0.39, 0.29) is 10.5 Å². The van der Waals surface area contributed by atoms with Gasteiger partial charge in [-0.15, -0.1) is 5.10 Å². The molecule has 0 radical (unpaired) electrons. The molecule has 2 N–H and O–H groups in total. The standard InChI is InChI=1S/C23H22N6O3S2/c1-15-7-10-17(11-8-15)26-34(31,32)20-12-9-16(2)21(14-20)22(30)24-18-5-4-6-19(13-18)29-23(33-3)25-27-28-29/h4-14,26H,1-3H3,(H,24,30). The first-order valence-corrected chi connectivity index (χ1v) is 12.9. The first-order valence-electron chi connectivity index (χ1n) is 10.2. The summed E-state index contributed by atoms with van der Waals surface area (Å²) in [5.74, 6) is -0.427. The zero-order chi connectivity index (χ0) is 24.3. The summed E-state index contributed by atoms with van der Waals surface area (Å²) < 4.78 is 29.9. The van der Waals surface area contributed by atoms with Crippen LogP contribution in [0.1, 0.15) is 21.5 Å². The number of benzene rings is 3. The fourth-order valence-electron chi connectivity index (χ4n) is 3.23. The third kappa shape index (κ3) is 5.10. The van der Waals surface area contributed by atoms with E-state index in [2.05, 4.69) is 25.6 Å². The quantitative estimate of drug-likeness (QED) is 0.372. The molecule has 3 aromatic carbocycles. The van der Waals surface area contributed by atoms with Gasteiger partial charge in [0.2, 0.25) is 5.16 Å². The third-order valence-corrected chi connectivity index (χ3v) is 7.04. The molecule has 0 saturated carbocycles. The minimum absolute atomic E-state index is 0.00382. The molecule has 174 valence electrons. The summed E-state index contributed by atoms with van der Waals surface area (Å²) in [5, 5.41) is 15.0. The summed E-state index contributed by atoms with van der Waals surface area (Å²) in [6.07, 6.45) is 1.87. The molecule has 1 heterocycles. The number of amides is 1. The molecule has 9 nitrogen and oxygen atoms in total. The van der Waals surface area contributed by atoms with E-state index in [1.165, 1.54) is 23.9 Å². The van der Waals surface area contributed by atoms with Crippen molar-refractivity contribution in [1.82, 2.24) is 20.2 Å². The van der Waals surface area contributed by atoms with E-state index >= 15 is 0 Å². The average Bonchev–Trinajstić information content (AvgIpc) is 3.30. The molecule has 1 amide bonds. The van der Waals surface area contributed by atoms with Gasteiger partial charge in [-0.05, 0) is 78.6 Å². The van der Waals surface area contributed by atoms with Gasteiger partial charge >= 0.3 is 0 Å². The van der Waals surface area contributed by atoms with Crippen LogP contribution in [0.2, 0.25) is 0 Å². The Morgan fingerprint density at radius 3 is 2.47 bits per heavy atom. The number of thioether (sulfide) groups is 1. The summed E-state index contributed by atoms with van der Waals surface area (Å²) in [7, 11) is -3.87. The van der Waals surface area contributed by atoms with Crippen LogP contribution >= 0.6 is 11.8 Å². The maximum atomic E-state index is 13.1. The lowest BCUT2D eigenvalue weighted by Gasteiger charge is -2.12. The summed E-state index contributed by atoms with van der Waals surface area (Å²) >= 11 is 1.40. The molecule has 11 heteroatoms. The van der Waals surface area contributed by atoms with Gasteiger partial charge in [-0.3, -0.25) is 9.52 Å². The van der Waals surface area contributed by atoms with Crippen LogP contribution in [0.5, 0.6) is 0 Å². The lowest BCUT2D eigenvalue weighted by Crippen LogP contribution is -2.17. The number of nitrogens with zero attached hydrogens (tertiary/aromatic N) is 4. The topological polar surface area (TPSA) is 119 Å². The Morgan fingerprint density at radius 2 is 1.74 bits per heavy atom. The Labute approximate surface area is 201 Å². The van der Waals surface area contributed by atoms with Crippen molar-refractivity contribution in [1.29, 1.82) is 0 Å². The average molecular weight is 495 g/mol.